The van der Waals surface area contributed by atoms with Crippen LogP contribution in [0.3, 0.4) is 0 Å². The number of aliphatic hydroxyl groups excluding tert-OH is 1. The summed E-state index contributed by atoms with van der Waals surface area (Å²) in [5.41, 5.74) is 5.52. The van der Waals surface area contributed by atoms with Gasteiger partial charge in [-0.25, -0.2) is 0 Å². The Kier molecular flexibility index (Phi) is 23.2. The van der Waals surface area contributed by atoms with E-state index < -0.39 is 0 Å². The summed E-state index contributed by atoms with van der Waals surface area (Å²) >= 11 is 0. The van der Waals surface area contributed by atoms with E-state index in [1.165, 1.54) is 109 Å². The summed E-state index contributed by atoms with van der Waals surface area (Å²) in [6.45, 7) is 4.36. The first-order valence-corrected chi connectivity index (χ1v) is 13.7. The quantitative estimate of drug-likeness (QED) is 0.118. The third kappa shape index (κ3) is 19.6. The second-order valence-electron chi connectivity index (χ2n) is 9.50. The first-order valence-electron chi connectivity index (χ1n) is 13.7. The summed E-state index contributed by atoms with van der Waals surface area (Å²) in [5.74, 6) is -0.358. The summed E-state index contributed by atoms with van der Waals surface area (Å²) in [5, 5.41) is 9.40. The number of unbranched alkanes of at least 4 members (excludes halogenated alkanes) is 16. The highest BCUT2D eigenvalue weighted by Gasteiger charge is 2.23. The van der Waals surface area contributed by atoms with E-state index in [4.69, 9.17) is 5.73 Å². The van der Waals surface area contributed by atoms with Gasteiger partial charge in [0.1, 0.15) is 0 Å². The van der Waals surface area contributed by atoms with Gasteiger partial charge in [0.25, 0.3) is 0 Å². The van der Waals surface area contributed by atoms with Crippen molar-refractivity contribution in [3.8, 4) is 0 Å². The van der Waals surface area contributed by atoms with Gasteiger partial charge < -0.3 is 10.8 Å². The molecule has 0 rings (SSSR count). The topological polar surface area (TPSA) is 63.3 Å². The molecule has 2 atom stereocenters. The third-order valence-electron chi connectivity index (χ3n) is 6.72. The fourth-order valence-electron chi connectivity index (χ4n) is 4.47. The molecule has 3 nitrogen and oxygen atoms in total. The van der Waals surface area contributed by atoms with Gasteiger partial charge in [-0.2, -0.15) is 0 Å². The van der Waals surface area contributed by atoms with Gasteiger partial charge in [-0.3, -0.25) is 4.79 Å². The van der Waals surface area contributed by atoms with Gasteiger partial charge >= 0.3 is 0 Å². The molecule has 0 aromatic rings. The van der Waals surface area contributed by atoms with Crippen LogP contribution >= 0.6 is 0 Å². The van der Waals surface area contributed by atoms with Gasteiger partial charge in [0.05, 0.1) is 0 Å². The molecule has 31 heavy (non-hydrogen) atoms. The predicted octanol–water partition coefficient (Wildman–Crippen LogP) is 8.09. The maximum absolute atomic E-state index is 11.6. The molecule has 0 bridgehead atoms. The molecule has 3 heteroatoms. The van der Waals surface area contributed by atoms with Gasteiger partial charge in [-0.05, 0) is 38.0 Å². The van der Waals surface area contributed by atoms with Crippen LogP contribution in [0, 0.1) is 11.8 Å². The number of carbonyl (C=O) groups excluding carboxylic acids is 1. The van der Waals surface area contributed by atoms with E-state index in [9.17, 15) is 9.90 Å². The Balaban J connectivity index is 3.36. The number of allylic oxidation sites excluding steroid dienone is 2. The lowest BCUT2D eigenvalue weighted by molar-refractivity contribution is -0.124. The van der Waals surface area contributed by atoms with Crippen LogP contribution < -0.4 is 5.73 Å². The normalized spacial score (nSPS) is 13.6. The molecule has 0 aliphatic heterocycles. The Hall–Kier alpha value is -0.830. The van der Waals surface area contributed by atoms with E-state index in [0.29, 0.717) is 0 Å². The standard InChI is InChI=1S/C28H55NO2/c1-3-5-6-7-8-9-10-11-12-13-14-15-16-17-18-19-20-21-22-23-24-27(28(29)31)26(4-2)25-30/h11-12,26-27,30H,3-10,13-25H2,1-2H3,(H2,29,31)/b12-11-. The SMILES string of the molecule is CCCCCCCC/C=C\CCCCCCCCCCCCC(C(N)=O)C(CC)CO. The molecule has 3 N–H and O–H groups in total. The van der Waals surface area contributed by atoms with Crippen LogP contribution in [0.5, 0.6) is 0 Å². The lowest BCUT2D eigenvalue weighted by Gasteiger charge is -2.21. The summed E-state index contributed by atoms with van der Waals surface area (Å²) in [6.07, 6.45) is 30.3. The third-order valence-corrected chi connectivity index (χ3v) is 6.72. The minimum atomic E-state index is -0.241. The molecule has 2 unspecified atom stereocenters. The zero-order valence-electron chi connectivity index (χ0n) is 21.1. The van der Waals surface area contributed by atoms with Crippen LogP contribution in [0.4, 0.5) is 0 Å². The Morgan fingerprint density at radius 3 is 1.52 bits per heavy atom. The van der Waals surface area contributed by atoms with Crippen LogP contribution in [0.1, 0.15) is 142 Å². The summed E-state index contributed by atoms with van der Waals surface area (Å²) < 4.78 is 0. The van der Waals surface area contributed by atoms with E-state index in [0.717, 1.165) is 19.3 Å². The molecule has 0 spiro atoms. The van der Waals surface area contributed by atoms with Gasteiger partial charge in [0, 0.05) is 12.5 Å². The molecule has 0 heterocycles. The fraction of sp³-hybridized carbons (Fsp3) is 0.893. The lowest BCUT2D eigenvalue weighted by atomic mass is 9.85. The number of hydrogen-bond acceptors (Lipinski definition) is 2. The molecule has 0 fully saturated rings. The number of amides is 1. The smallest absolute Gasteiger partial charge is 0.220 e. The van der Waals surface area contributed by atoms with Crippen molar-refractivity contribution in [1.29, 1.82) is 0 Å². The van der Waals surface area contributed by atoms with E-state index >= 15 is 0 Å². The van der Waals surface area contributed by atoms with Crippen LogP contribution in [-0.2, 0) is 4.79 Å². The van der Waals surface area contributed by atoms with E-state index in [1.54, 1.807) is 0 Å². The van der Waals surface area contributed by atoms with Gasteiger partial charge in [-0.1, -0.05) is 122 Å². The first-order chi connectivity index (χ1) is 15.2. The summed E-state index contributed by atoms with van der Waals surface area (Å²) in [7, 11) is 0. The molecule has 1 amide bonds. The zero-order valence-corrected chi connectivity index (χ0v) is 21.1. The highest BCUT2D eigenvalue weighted by Crippen LogP contribution is 2.22. The molecule has 0 aromatic heterocycles. The van der Waals surface area contributed by atoms with Crippen molar-refractivity contribution in [3.63, 3.8) is 0 Å². The first kappa shape index (κ1) is 30.2. The number of rotatable bonds is 24. The van der Waals surface area contributed by atoms with E-state index in [2.05, 4.69) is 19.1 Å². The Morgan fingerprint density at radius 1 is 0.710 bits per heavy atom. The van der Waals surface area contributed by atoms with E-state index in [-0.39, 0.29) is 24.3 Å². The molecule has 0 saturated carbocycles. The van der Waals surface area contributed by atoms with Crippen molar-refractivity contribution < 1.29 is 9.90 Å². The largest absolute Gasteiger partial charge is 0.396 e. The van der Waals surface area contributed by atoms with Crippen LogP contribution in [0.15, 0.2) is 12.2 Å². The lowest BCUT2D eigenvalue weighted by Crippen LogP contribution is -2.31. The second kappa shape index (κ2) is 23.8. The minimum absolute atomic E-state index is 0.0355. The Labute approximate surface area is 194 Å². The zero-order chi connectivity index (χ0) is 23.0. The minimum Gasteiger partial charge on any atom is -0.396 e. The monoisotopic (exact) mass is 437 g/mol. The molecule has 0 aromatic carbocycles. The molecule has 0 radical (unpaired) electrons. The average molecular weight is 438 g/mol. The van der Waals surface area contributed by atoms with Crippen molar-refractivity contribution in [3.05, 3.63) is 12.2 Å². The van der Waals surface area contributed by atoms with E-state index in [1.807, 2.05) is 6.92 Å². The number of carbonyl (C=O) groups is 1. The number of aliphatic hydroxyl groups is 1. The fourth-order valence-corrected chi connectivity index (χ4v) is 4.47. The highest BCUT2D eigenvalue weighted by molar-refractivity contribution is 5.76. The number of nitrogens with two attached hydrogens (primary N) is 1. The maximum atomic E-state index is 11.6. The van der Waals surface area contributed by atoms with Crippen LogP contribution in [-0.4, -0.2) is 17.6 Å². The van der Waals surface area contributed by atoms with Crippen molar-refractivity contribution in [2.45, 2.75) is 142 Å². The molecular formula is C28H55NO2. The summed E-state index contributed by atoms with van der Waals surface area (Å²) in [4.78, 5) is 11.6. The molecule has 0 saturated heterocycles. The Bertz CT molecular complexity index is 404. The van der Waals surface area contributed by atoms with Crippen molar-refractivity contribution >= 4 is 5.91 Å². The number of hydrogen-bond donors (Lipinski definition) is 2. The van der Waals surface area contributed by atoms with Crippen molar-refractivity contribution in [2.75, 3.05) is 6.61 Å². The molecule has 184 valence electrons. The summed E-state index contributed by atoms with van der Waals surface area (Å²) in [6, 6.07) is 0. The molecule has 0 aliphatic rings. The predicted molar refractivity (Wildman–Crippen MR) is 136 cm³/mol. The molecule has 0 aliphatic carbocycles. The van der Waals surface area contributed by atoms with Gasteiger partial charge in [0.15, 0.2) is 0 Å². The van der Waals surface area contributed by atoms with Crippen LogP contribution in [0.25, 0.3) is 0 Å². The highest BCUT2D eigenvalue weighted by atomic mass is 16.3. The Morgan fingerprint density at radius 2 is 1.13 bits per heavy atom. The average Bonchev–Trinajstić information content (AvgIpc) is 2.77. The van der Waals surface area contributed by atoms with Crippen molar-refractivity contribution in [2.24, 2.45) is 17.6 Å². The van der Waals surface area contributed by atoms with Crippen LogP contribution in [0.2, 0.25) is 0 Å². The second-order valence-corrected chi connectivity index (χ2v) is 9.50. The molecular weight excluding hydrogens is 382 g/mol. The maximum Gasteiger partial charge on any atom is 0.220 e. The number of primary amides is 1. The van der Waals surface area contributed by atoms with Crippen molar-refractivity contribution in [1.82, 2.24) is 0 Å². The van der Waals surface area contributed by atoms with Gasteiger partial charge in [0.2, 0.25) is 5.91 Å². The van der Waals surface area contributed by atoms with Gasteiger partial charge in [-0.15, -0.1) is 0 Å².